The van der Waals surface area contributed by atoms with Gasteiger partial charge in [-0.25, -0.2) is 4.39 Å². The zero-order valence-electron chi connectivity index (χ0n) is 6.69. The van der Waals surface area contributed by atoms with E-state index in [4.69, 9.17) is 0 Å². The topological polar surface area (TPSA) is 0 Å². The molecule has 0 aliphatic carbocycles. The lowest BCUT2D eigenvalue weighted by molar-refractivity contribution is -0.284. The third kappa shape index (κ3) is 3.63. The van der Waals surface area contributed by atoms with Crippen molar-refractivity contribution >= 4 is 0 Å². The van der Waals surface area contributed by atoms with E-state index in [0.717, 1.165) is 0 Å². The van der Waals surface area contributed by atoms with Crippen molar-refractivity contribution in [3.8, 4) is 0 Å². The van der Waals surface area contributed by atoms with E-state index >= 15 is 0 Å². The minimum absolute atomic E-state index is 1.31. The second-order valence-electron chi connectivity index (χ2n) is 2.51. The first-order valence-corrected chi connectivity index (χ1v) is 3.23. The Kier molecular flexibility index (Phi) is 3.70. The minimum Gasteiger partial charge on any atom is -0.215 e. The molecule has 0 saturated heterocycles. The van der Waals surface area contributed by atoms with E-state index in [2.05, 4.69) is 0 Å². The maximum atomic E-state index is 12.1. The predicted molar refractivity (Wildman–Crippen MR) is 30.9 cm³/mol. The molecular formula is C6H3F9. The van der Waals surface area contributed by atoms with Crippen molar-refractivity contribution in [3.63, 3.8) is 0 Å². The quantitative estimate of drug-likeness (QED) is 0.646. The van der Waals surface area contributed by atoms with Crippen molar-refractivity contribution in [1.82, 2.24) is 0 Å². The van der Waals surface area contributed by atoms with Crippen molar-refractivity contribution in [2.75, 3.05) is 0 Å². The van der Waals surface area contributed by atoms with Gasteiger partial charge in [-0.1, -0.05) is 0 Å². The summed E-state index contributed by atoms with van der Waals surface area (Å²) in [4.78, 5) is 0. The van der Waals surface area contributed by atoms with Crippen LogP contribution in [0, 0.1) is 0 Å². The number of halogens is 9. The number of hydrogen-bond acceptors (Lipinski definition) is 0. The minimum atomic E-state index is -6.15. The smallest absolute Gasteiger partial charge is 0.215 e. The van der Waals surface area contributed by atoms with E-state index in [1.54, 1.807) is 0 Å². The summed E-state index contributed by atoms with van der Waals surface area (Å²) >= 11 is 0. The molecule has 9 heteroatoms. The maximum absolute atomic E-state index is 12.1. The number of hydrogen-bond donors (Lipinski definition) is 0. The van der Waals surface area contributed by atoms with Gasteiger partial charge in [0.2, 0.25) is 0 Å². The van der Waals surface area contributed by atoms with E-state index in [0.29, 0.717) is 0 Å². The van der Waals surface area contributed by atoms with Crippen molar-refractivity contribution in [1.29, 1.82) is 0 Å². The SMILES string of the molecule is FC=C(CC(F)(F)C(F)(F)F)C(F)(F)F. The first-order valence-electron chi connectivity index (χ1n) is 3.23. The van der Waals surface area contributed by atoms with Gasteiger partial charge in [0.25, 0.3) is 0 Å². The average molecular weight is 246 g/mol. The number of rotatable bonds is 2. The molecule has 0 N–H and O–H groups in total. The summed E-state index contributed by atoms with van der Waals surface area (Å²) in [5.74, 6) is -5.61. The van der Waals surface area contributed by atoms with E-state index in [-0.39, 0.29) is 0 Å². The molecule has 0 bridgehead atoms. The highest BCUT2D eigenvalue weighted by Crippen LogP contribution is 2.43. The molecule has 0 aromatic carbocycles. The van der Waals surface area contributed by atoms with Crippen LogP contribution in [0.1, 0.15) is 6.42 Å². The van der Waals surface area contributed by atoms with Crippen LogP contribution >= 0.6 is 0 Å². The van der Waals surface area contributed by atoms with Crippen molar-refractivity contribution in [2.45, 2.75) is 24.7 Å². The third-order valence-corrected chi connectivity index (χ3v) is 1.32. The molecule has 0 rings (SSSR count). The summed E-state index contributed by atoms with van der Waals surface area (Å²) in [6.45, 7) is 0. The Hall–Kier alpha value is -0.890. The lowest BCUT2D eigenvalue weighted by Gasteiger charge is -2.21. The predicted octanol–water partition coefficient (Wildman–Crippen LogP) is 3.99. The molecule has 0 radical (unpaired) electrons. The molecular weight excluding hydrogens is 243 g/mol. The van der Waals surface area contributed by atoms with E-state index in [1.165, 1.54) is 0 Å². The summed E-state index contributed by atoms with van der Waals surface area (Å²) in [6, 6.07) is 0. The molecule has 0 aliphatic rings. The van der Waals surface area contributed by atoms with Crippen LogP contribution in [0.25, 0.3) is 0 Å². The summed E-state index contributed by atoms with van der Waals surface area (Å²) < 4.78 is 105. The fourth-order valence-electron chi connectivity index (χ4n) is 0.540. The molecule has 0 aliphatic heterocycles. The molecule has 0 nitrogen and oxygen atoms in total. The molecule has 0 saturated carbocycles. The average Bonchev–Trinajstić information content (AvgIpc) is 1.95. The molecule has 0 spiro atoms. The monoisotopic (exact) mass is 246 g/mol. The molecule has 0 fully saturated rings. The lowest BCUT2D eigenvalue weighted by Crippen LogP contribution is -2.38. The van der Waals surface area contributed by atoms with Gasteiger partial charge in [-0.3, -0.25) is 0 Å². The fraction of sp³-hybridized carbons (Fsp3) is 0.667. The Morgan fingerprint density at radius 2 is 1.27 bits per heavy atom. The molecule has 0 atom stereocenters. The second-order valence-corrected chi connectivity index (χ2v) is 2.51. The van der Waals surface area contributed by atoms with Crippen LogP contribution in [0.5, 0.6) is 0 Å². The Morgan fingerprint density at radius 1 is 0.867 bits per heavy atom. The van der Waals surface area contributed by atoms with Crippen LogP contribution in [0.3, 0.4) is 0 Å². The van der Waals surface area contributed by atoms with Gasteiger partial charge in [-0.15, -0.1) is 0 Å². The molecule has 0 unspecified atom stereocenters. The summed E-state index contributed by atoms with van der Waals surface area (Å²) in [6.07, 6.45) is -15.8. The van der Waals surface area contributed by atoms with Crippen LogP contribution < -0.4 is 0 Å². The lowest BCUT2D eigenvalue weighted by atomic mass is 10.1. The summed E-state index contributed by atoms with van der Waals surface area (Å²) in [7, 11) is 0. The van der Waals surface area contributed by atoms with Crippen LogP contribution in [0.15, 0.2) is 11.9 Å². The largest absolute Gasteiger partial charge is 0.453 e. The first kappa shape index (κ1) is 14.1. The van der Waals surface area contributed by atoms with Gasteiger partial charge in [-0.2, -0.15) is 35.1 Å². The van der Waals surface area contributed by atoms with E-state index in [1.807, 2.05) is 0 Å². The summed E-state index contributed by atoms with van der Waals surface area (Å²) in [5.41, 5.74) is -2.56. The molecule has 0 heterocycles. The third-order valence-electron chi connectivity index (χ3n) is 1.32. The van der Waals surface area contributed by atoms with Gasteiger partial charge in [0.05, 0.1) is 18.3 Å². The van der Waals surface area contributed by atoms with E-state index < -0.39 is 36.6 Å². The van der Waals surface area contributed by atoms with Gasteiger partial charge in [0.15, 0.2) is 0 Å². The van der Waals surface area contributed by atoms with E-state index in [9.17, 15) is 39.5 Å². The normalized spacial score (nSPS) is 15.7. The molecule has 0 aromatic heterocycles. The van der Waals surface area contributed by atoms with Gasteiger partial charge in [0, 0.05) is 0 Å². The Morgan fingerprint density at radius 3 is 1.47 bits per heavy atom. The van der Waals surface area contributed by atoms with Gasteiger partial charge < -0.3 is 0 Å². The highest BCUT2D eigenvalue weighted by atomic mass is 19.4. The number of alkyl halides is 8. The Balaban J connectivity index is 4.88. The zero-order chi connectivity index (χ0) is 12.5. The molecule has 15 heavy (non-hydrogen) atoms. The standard InChI is InChI=1S/C6H3F9/c7-2-3(5(10,11)12)1-4(8,9)6(13,14)15/h2H,1H2. The van der Waals surface area contributed by atoms with Gasteiger partial charge >= 0.3 is 18.3 Å². The van der Waals surface area contributed by atoms with Crippen LogP contribution in [-0.2, 0) is 0 Å². The van der Waals surface area contributed by atoms with Gasteiger partial charge in [0.1, 0.15) is 0 Å². The number of allylic oxidation sites excluding steroid dienone is 1. The van der Waals surface area contributed by atoms with Crippen LogP contribution in [0.4, 0.5) is 39.5 Å². The maximum Gasteiger partial charge on any atom is 0.453 e. The van der Waals surface area contributed by atoms with Gasteiger partial charge in [-0.05, 0) is 0 Å². The fourth-order valence-corrected chi connectivity index (χ4v) is 0.540. The first-order chi connectivity index (χ1) is 6.42. The molecule has 0 aromatic rings. The van der Waals surface area contributed by atoms with Crippen molar-refractivity contribution in [3.05, 3.63) is 11.9 Å². The van der Waals surface area contributed by atoms with Crippen molar-refractivity contribution < 1.29 is 39.5 Å². The second kappa shape index (κ2) is 3.93. The Labute approximate surface area is 77.4 Å². The Bertz CT molecular complexity index is 242. The highest BCUT2D eigenvalue weighted by molar-refractivity contribution is 5.09. The highest BCUT2D eigenvalue weighted by Gasteiger charge is 2.59. The van der Waals surface area contributed by atoms with Crippen LogP contribution in [0.2, 0.25) is 0 Å². The molecule has 0 amide bonds. The zero-order valence-corrected chi connectivity index (χ0v) is 6.69. The summed E-state index contributed by atoms with van der Waals surface area (Å²) in [5, 5.41) is 0. The molecule has 90 valence electrons. The van der Waals surface area contributed by atoms with Crippen molar-refractivity contribution in [2.24, 2.45) is 0 Å². The van der Waals surface area contributed by atoms with Crippen LogP contribution in [-0.4, -0.2) is 18.3 Å².